The number of hydrogen-bond acceptors (Lipinski definition) is 3. The number of amides is 1. The SMILES string of the molecule is CCNC(=O)CN[C@H](C)c1ccc(OC)cc1. The predicted octanol–water partition coefficient (Wildman–Crippen LogP) is 1.48. The molecule has 0 radical (unpaired) electrons. The van der Waals surface area contributed by atoms with Crippen molar-refractivity contribution in [1.29, 1.82) is 0 Å². The molecule has 0 aliphatic heterocycles. The third-order valence-electron chi connectivity index (χ3n) is 2.56. The van der Waals surface area contributed by atoms with Crippen molar-refractivity contribution in [1.82, 2.24) is 10.6 Å². The van der Waals surface area contributed by atoms with E-state index in [1.54, 1.807) is 7.11 Å². The van der Waals surface area contributed by atoms with Crippen molar-refractivity contribution in [2.24, 2.45) is 0 Å². The van der Waals surface area contributed by atoms with Crippen LogP contribution in [0.15, 0.2) is 24.3 Å². The Morgan fingerprint density at radius 3 is 2.53 bits per heavy atom. The van der Waals surface area contributed by atoms with E-state index in [1.165, 1.54) is 0 Å². The molecule has 2 N–H and O–H groups in total. The van der Waals surface area contributed by atoms with Crippen LogP contribution in [0.5, 0.6) is 5.75 Å². The second-order valence-corrected chi connectivity index (χ2v) is 3.83. The van der Waals surface area contributed by atoms with E-state index in [-0.39, 0.29) is 11.9 Å². The largest absolute Gasteiger partial charge is 0.497 e. The van der Waals surface area contributed by atoms with E-state index in [9.17, 15) is 4.79 Å². The molecule has 0 unspecified atom stereocenters. The van der Waals surface area contributed by atoms with Gasteiger partial charge in [0.25, 0.3) is 0 Å². The van der Waals surface area contributed by atoms with Crippen LogP contribution in [-0.4, -0.2) is 26.1 Å². The summed E-state index contributed by atoms with van der Waals surface area (Å²) in [5.74, 6) is 0.859. The van der Waals surface area contributed by atoms with Crippen LogP contribution in [0.2, 0.25) is 0 Å². The minimum atomic E-state index is 0.0212. The highest BCUT2D eigenvalue weighted by Crippen LogP contribution is 2.16. The number of hydrogen-bond donors (Lipinski definition) is 2. The first-order valence-corrected chi connectivity index (χ1v) is 5.81. The van der Waals surface area contributed by atoms with Gasteiger partial charge < -0.3 is 15.4 Å². The molecule has 1 rings (SSSR count). The molecule has 0 fully saturated rings. The lowest BCUT2D eigenvalue weighted by Crippen LogP contribution is -2.34. The molecule has 0 aliphatic carbocycles. The van der Waals surface area contributed by atoms with Crippen molar-refractivity contribution in [2.45, 2.75) is 19.9 Å². The van der Waals surface area contributed by atoms with Gasteiger partial charge in [-0.05, 0) is 31.5 Å². The highest BCUT2D eigenvalue weighted by Gasteiger charge is 2.06. The minimum absolute atomic E-state index is 0.0212. The summed E-state index contributed by atoms with van der Waals surface area (Å²) in [5, 5.41) is 5.92. The number of methoxy groups -OCH3 is 1. The van der Waals surface area contributed by atoms with Gasteiger partial charge in [-0.15, -0.1) is 0 Å². The number of ether oxygens (including phenoxy) is 1. The van der Waals surface area contributed by atoms with Gasteiger partial charge in [0.1, 0.15) is 5.75 Å². The van der Waals surface area contributed by atoms with Crippen molar-refractivity contribution >= 4 is 5.91 Å². The van der Waals surface area contributed by atoms with Crippen LogP contribution < -0.4 is 15.4 Å². The molecule has 0 aliphatic rings. The summed E-state index contributed by atoms with van der Waals surface area (Å²) >= 11 is 0. The quantitative estimate of drug-likeness (QED) is 0.786. The zero-order valence-electron chi connectivity index (χ0n) is 10.6. The Bertz CT molecular complexity index is 349. The summed E-state index contributed by atoms with van der Waals surface area (Å²) in [6.45, 7) is 4.93. The van der Waals surface area contributed by atoms with E-state index in [0.717, 1.165) is 11.3 Å². The highest BCUT2D eigenvalue weighted by molar-refractivity contribution is 5.77. The van der Waals surface area contributed by atoms with Gasteiger partial charge in [-0.3, -0.25) is 4.79 Å². The van der Waals surface area contributed by atoms with Crippen molar-refractivity contribution in [3.63, 3.8) is 0 Å². The van der Waals surface area contributed by atoms with E-state index >= 15 is 0 Å². The summed E-state index contributed by atoms with van der Waals surface area (Å²) in [4.78, 5) is 11.3. The smallest absolute Gasteiger partial charge is 0.233 e. The van der Waals surface area contributed by atoms with Gasteiger partial charge in [-0.1, -0.05) is 12.1 Å². The lowest BCUT2D eigenvalue weighted by atomic mass is 10.1. The van der Waals surface area contributed by atoms with Gasteiger partial charge in [0.15, 0.2) is 0 Å². The summed E-state index contributed by atoms with van der Waals surface area (Å²) < 4.78 is 5.09. The first-order chi connectivity index (χ1) is 8.17. The van der Waals surface area contributed by atoms with Crippen LogP contribution in [0.1, 0.15) is 25.5 Å². The Balaban J connectivity index is 2.46. The van der Waals surface area contributed by atoms with Gasteiger partial charge >= 0.3 is 0 Å². The Morgan fingerprint density at radius 1 is 1.35 bits per heavy atom. The van der Waals surface area contributed by atoms with Gasteiger partial charge in [-0.25, -0.2) is 0 Å². The van der Waals surface area contributed by atoms with Crippen LogP contribution >= 0.6 is 0 Å². The molecule has 0 spiro atoms. The first kappa shape index (κ1) is 13.5. The molecule has 17 heavy (non-hydrogen) atoms. The lowest BCUT2D eigenvalue weighted by Gasteiger charge is -2.14. The lowest BCUT2D eigenvalue weighted by molar-refractivity contribution is -0.120. The number of benzene rings is 1. The molecule has 94 valence electrons. The average molecular weight is 236 g/mol. The minimum Gasteiger partial charge on any atom is -0.497 e. The number of likely N-dealkylation sites (N-methyl/N-ethyl adjacent to an activating group) is 1. The Hall–Kier alpha value is -1.55. The summed E-state index contributed by atoms with van der Waals surface area (Å²) in [6, 6.07) is 7.96. The van der Waals surface area contributed by atoms with Gasteiger partial charge in [-0.2, -0.15) is 0 Å². The van der Waals surface area contributed by atoms with E-state index in [0.29, 0.717) is 13.1 Å². The highest BCUT2D eigenvalue weighted by atomic mass is 16.5. The topological polar surface area (TPSA) is 50.4 Å². The summed E-state index contributed by atoms with van der Waals surface area (Å²) in [5.41, 5.74) is 1.13. The normalized spacial score (nSPS) is 11.9. The van der Waals surface area contributed by atoms with E-state index in [1.807, 2.05) is 38.1 Å². The molecule has 0 bridgehead atoms. The summed E-state index contributed by atoms with van der Waals surface area (Å²) in [7, 11) is 1.64. The van der Waals surface area contributed by atoms with E-state index in [4.69, 9.17) is 4.74 Å². The number of nitrogens with one attached hydrogen (secondary N) is 2. The van der Waals surface area contributed by atoms with Crippen LogP contribution in [-0.2, 0) is 4.79 Å². The molecule has 1 aromatic carbocycles. The van der Waals surface area contributed by atoms with Crippen LogP contribution in [0.3, 0.4) is 0 Å². The molecule has 1 aromatic rings. The van der Waals surface area contributed by atoms with Crippen LogP contribution in [0.25, 0.3) is 0 Å². The molecular formula is C13H20N2O2. The second kappa shape index (κ2) is 6.91. The summed E-state index contributed by atoms with van der Waals surface area (Å²) in [6.07, 6.45) is 0. The number of rotatable bonds is 6. The Morgan fingerprint density at radius 2 is 2.00 bits per heavy atom. The van der Waals surface area contributed by atoms with Crippen molar-refractivity contribution in [2.75, 3.05) is 20.2 Å². The maximum absolute atomic E-state index is 11.3. The number of carbonyl (C=O) groups excluding carboxylic acids is 1. The predicted molar refractivity (Wildman–Crippen MR) is 68.1 cm³/mol. The van der Waals surface area contributed by atoms with E-state index < -0.39 is 0 Å². The molecule has 1 atom stereocenters. The molecule has 0 heterocycles. The monoisotopic (exact) mass is 236 g/mol. The third-order valence-corrected chi connectivity index (χ3v) is 2.56. The average Bonchev–Trinajstić information content (AvgIpc) is 2.36. The second-order valence-electron chi connectivity index (χ2n) is 3.83. The van der Waals surface area contributed by atoms with Gasteiger partial charge in [0, 0.05) is 12.6 Å². The van der Waals surface area contributed by atoms with Crippen molar-refractivity contribution < 1.29 is 9.53 Å². The molecule has 4 heteroatoms. The molecule has 0 saturated carbocycles. The van der Waals surface area contributed by atoms with Crippen molar-refractivity contribution in [3.8, 4) is 5.75 Å². The fourth-order valence-electron chi connectivity index (χ4n) is 1.52. The van der Waals surface area contributed by atoms with Crippen LogP contribution in [0.4, 0.5) is 0 Å². The van der Waals surface area contributed by atoms with Gasteiger partial charge in [0.05, 0.1) is 13.7 Å². The molecule has 0 aromatic heterocycles. The molecule has 1 amide bonds. The fourth-order valence-corrected chi connectivity index (χ4v) is 1.52. The van der Waals surface area contributed by atoms with E-state index in [2.05, 4.69) is 10.6 Å². The molecular weight excluding hydrogens is 216 g/mol. The van der Waals surface area contributed by atoms with Crippen molar-refractivity contribution in [3.05, 3.63) is 29.8 Å². The maximum atomic E-state index is 11.3. The zero-order chi connectivity index (χ0) is 12.7. The van der Waals surface area contributed by atoms with Gasteiger partial charge in [0.2, 0.25) is 5.91 Å². The zero-order valence-corrected chi connectivity index (χ0v) is 10.6. The maximum Gasteiger partial charge on any atom is 0.233 e. The number of carbonyl (C=O) groups is 1. The van der Waals surface area contributed by atoms with Crippen LogP contribution in [0, 0.1) is 0 Å². The fraction of sp³-hybridized carbons (Fsp3) is 0.462. The standard InChI is InChI=1S/C13H20N2O2/c1-4-14-13(16)9-15-10(2)11-5-7-12(17-3)8-6-11/h5-8,10,15H,4,9H2,1-3H3,(H,14,16)/t10-/m1/s1. The Kier molecular flexibility index (Phi) is 5.49. The third kappa shape index (κ3) is 4.44. The molecule has 0 saturated heterocycles. The first-order valence-electron chi connectivity index (χ1n) is 5.81. The Labute approximate surface area is 102 Å². The molecule has 4 nitrogen and oxygen atoms in total.